The lowest BCUT2D eigenvalue weighted by Gasteiger charge is -2.10. The smallest absolute Gasteiger partial charge is 0.143 e. The van der Waals surface area contributed by atoms with E-state index in [0.29, 0.717) is 29.6 Å². The first-order valence-electron chi connectivity index (χ1n) is 21.5. The van der Waals surface area contributed by atoms with Crippen LogP contribution in [0.1, 0.15) is 159 Å². The molecule has 1 aliphatic heterocycles. The van der Waals surface area contributed by atoms with Gasteiger partial charge in [-0.25, -0.2) is 24.9 Å². The minimum Gasteiger partial charge on any atom is -0.312 e. The zero-order chi connectivity index (χ0) is 42.8. The number of pyridine rings is 1. The van der Waals surface area contributed by atoms with E-state index in [0.717, 1.165) is 40.2 Å². The Balaban J connectivity index is 0.000000126. The Morgan fingerprint density at radius 3 is 1.90 bits per heavy atom. The van der Waals surface area contributed by atoms with E-state index in [1.165, 1.54) is 63.3 Å². The van der Waals surface area contributed by atoms with Gasteiger partial charge in [-0.3, -0.25) is 0 Å². The van der Waals surface area contributed by atoms with Gasteiger partial charge >= 0.3 is 0 Å². The number of nitrogens with zero attached hydrogens (tertiary/aromatic N) is 5. The lowest BCUT2D eigenvalue weighted by atomic mass is 10.0. The third-order valence-electron chi connectivity index (χ3n) is 10.6. The molecule has 0 radical (unpaired) electrons. The van der Waals surface area contributed by atoms with Crippen LogP contribution in [0, 0.1) is 0 Å². The Morgan fingerprint density at radius 1 is 0.533 bits per heavy atom. The number of thiazole rings is 4. The van der Waals surface area contributed by atoms with Gasteiger partial charge in [0.2, 0.25) is 0 Å². The second-order valence-electron chi connectivity index (χ2n) is 17.0. The fourth-order valence-electron chi connectivity index (χ4n) is 6.73. The van der Waals surface area contributed by atoms with E-state index in [-0.39, 0.29) is 0 Å². The Morgan fingerprint density at radius 2 is 1.20 bits per heavy atom. The average Bonchev–Trinajstić information content (AvgIpc) is 4.10. The van der Waals surface area contributed by atoms with E-state index in [1.807, 2.05) is 51.3 Å². The molecule has 6 aromatic heterocycles. The molecule has 0 unspecified atom stereocenters. The molecule has 0 saturated heterocycles. The molecule has 0 amide bonds. The van der Waals surface area contributed by atoms with Crippen LogP contribution in [0.15, 0.2) is 71.1 Å². The highest BCUT2D eigenvalue weighted by Crippen LogP contribution is 2.31. The van der Waals surface area contributed by atoms with Crippen LogP contribution in [0.2, 0.25) is 0 Å². The highest BCUT2D eigenvalue weighted by atomic mass is 32.1. The highest BCUT2D eigenvalue weighted by Gasteiger charge is 2.16. The van der Waals surface area contributed by atoms with Gasteiger partial charge in [-0.2, -0.15) is 0 Å². The van der Waals surface area contributed by atoms with E-state index in [4.69, 9.17) is 0 Å². The molecule has 0 bridgehead atoms. The van der Waals surface area contributed by atoms with Gasteiger partial charge in [0.15, 0.2) is 0 Å². The number of hydrogen-bond acceptors (Lipinski definition) is 11. The largest absolute Gasteiger partial charge is 0.312 e. The lowest BCUT2D eigenvalue weighted by molar-refractivity contribution is 0.654. The Hall–Kier alpha value is -3.45. The van der Waals surface area contributed by atoms with Gasteiger partial charge in [-0.05, 0) is 121 Å². The van der Waals surface area contributed by atoms with Gasteiger partial charge in [0.05, 0.1) is 53.2 Å². The van der Waals surface area contributed by atoms with Crippen LogP contribution in [-0.2, 0) is 25.8 Å². The quantitative estimate of drug-likeness (QED) is 0.185. The molecule has 7 heterocycles. The van der Waals surface area contributed by atoms with E-state index in [9.17, 15) is 0 Å². The summed E-state index contributed by atoms with van der Waals surface area (Å²) in [5.41, 5.74) is 15.8. The van der Waals surface area contributed by atoms with Crippen LogP contribution in [0.3, 0.4) is 0 Å². The van der Waals surface area contributed by atoms with Crippen molar-refractivity contribution in [1.29, 1.82) is 0 Å². The van der Waals surface area contributed by atoms with Gasteiger partial charge in [0, 0.05) is 32.8 Å². The van der Waals surface area contributed by atoms with Gasteiger partial charge in [-0.15, -0.1) is 56.7 Å². The maximum Gasteiger partial charge on any atom is 0.143 e. The van der Waals surface area contributed by atoms with Crippen molar-refractivity contribution in [3.05, 3.63) is 119 Å². The summed E-state index contributed by atoms with van der Waals surface area (Å²) in [6, 6.07) is 19.5. The summed E-state index contributed by atoms with van der Waals surface area (Å²) in [4.78, 5) is 27.6. The summed E-state index contributed by atoms with van der Waals surface area (Å²) in [5.74, 6) is 3.00. The summed E-state index contributed by atoms with van der Waals surface area (Å²) in [5, 5.41) is 4.74. The average molecular weight is 895 g/mol. The fourth-order valence-corrected chi connectivity index (χ4v) is 11.1. The normalized spacial score (nSPS) is 13.4. The maximum atomic E-state index is 4.67. The predicted octanol–water partition coefficient (Wildman–Crippen LogP) is 15.3. The number of fused-ring (bicyclic) bond motifs is 5. The van der Waals surface area contributed by atoms with Crippen LogP contribution in [0.4, 0.5) is 0 Å². The molecule has 0 spiro atoms. The lowest BCUT2D eigenvalue weighted by Crippen LogP contribution is -2.21. The van der Waals surface area contributed by atoms with Crippen LogP contribution in [-0.4, -0.2) is 31.5 Å². The predicted molar refractivity (Wildman–Crippen MR) is 266 cm³/mol. The fraction of sp³-hybridized carbons (Fsp3) is 0.449. The molecule has 318 valence electrons. The van der Waals surface area contributed by atoms with Crippen molar-refractivity contribution >= 4 is 87.5 Å². The molecule has 2 aliphatic rings. The van der Waals surface area contributed by atoms with Crippen molar-refractivity contribution in [1.82, 2.24) is 30.2 Å². The first-order chi connectivity index (χ1) is 28.9. The van der Waals surface area contributed by atoms with Crippen molar-refractivity contribution in [3.8, 4) is 0 Å². The third-order valence-corrected chi connectivity index (χ3v) is 15.8. The summed E-state index contributed by atoms with van der Waals surface area (Å²) in [7, 11) is 0. The van der Waals surface area contributed by atoms with Crippen LogP contribution < -0.4 is 5.32 Å². The molecule has 0 atom stereocenters. The van der Waals surface area contributed by atoms with Crippen LogP contribution >= 0.6 is 56.7 Å². The van der Waals surface area contributed by atoms with Crippen LogP contribution in [0.25, 0.3) is 30.8 Å². The molecule has 0 saturated carbocycles. The molecule has 10 rings (SSSR count). The number of nitrogens with one attached hydrogen (secondary N) is 1. The number of hydrogen-bond donors (Lipinski definition) is 1. The summed E-state index contributed by atoms with van der Waals surface area (Å²) in [6.07, 6.45) is 6.43. The number of rotatable bonds is 5. The zero-order valence-electron chi connectivity index (χ0n) is 37.0. The summed E-state index contributed by atoms with van der Waals surface area (Å²) in [6.45, 7) is 24.4. The summed E-state index contributed by atoms with van der Waals surface area (Å²) < 4.78 is 2.57. The number of benzene rings is 2. The minimum atomic E-state index is 0.497. The summed E-state index contributed by atoms with van der Waals surface area (Å²) >= 11 is 8.91. The minimum absolute atomic E-state index is 0.497. The molecule has 2 aromatic carbocycles. The maximum absolute atomic E-state index is 4.67. The zero-order valence-corrected chi connectivity index (χ0v) is 41.1. The van der Waals surface area contributed by atoms with Gasteiger partial charge in [0.25, 0.3) is 0 Å². The molecule has 0 fully saturated rings. The first-order valence-corrected chi connectivity index (χ1v) is 25.8. The van der Waals surface area contributed by atoms with Gasteiger partial charge < -0.3 is 5.32 Å². The van der Waals surface area contributed by atoms with Crippen molar-refractivity contribution in [3.63, 3.8) is 0 Å². The van der Waals surface area contributed by atoms with E-state index >= 15 is 0 Å². The Kier molecular flexibility index (Phi) is 16.9. The molecular weight excluding hydrogens is 833 g/mol. The monoisotopic (exact) mass is 894 g/mol. The molecule has 60 heavy (non-hydrogen) atoms. The third kappa shape index (κ3) is 12.6. The number of thiophene rings is 1. The van der Waals surface area contributed by atoms with Crippen LogP contribution in [0.5, 0.6) is 0 Å². The van der Waals surface area contributed by atoms with Crippen molar-refractivity contribution in [2.75, 3.05) is 6.54 Å². The van der Waals surface area contributed by atoms with E-state index < -0.39 is 0 Å². The molecule has 6 nitrogen and oxygen atoms in total. The van der Waals surface area contributed by atoms with Crippen molar-refractivity contribution < 1.29 is 0 Å². The topological polar surface area (TPSA) is 76.5 Å². The number of aryl methyl sites for hydroxylation is 2. The second kappa shape index (κ2) is 22.1. The standard InChI is InChI=1S/C10H15NS.2C10H11NS.C10H15NS.C9H10N2S/c1-7(2)9-5-8-3-4-11-6-10(8)12-9;1-7(2)8-3-4-10-9(5-8)11-6-12-10;1-7(2)8-3-4-9-10(5-8)12-6-11-9;1-7(2)10-11-8-5-3-4-6-9(8)12-10;1-6(2)7-3-4-8-9(11-7)12-5-10-8/h5,7,11H,3-4,6H2,1-2H3;2*3-7H,1-2H3;7H,3-6H2,1-2H3;3-6H,1-2H3. The SMILES string of the molecule is CC(C)c1cc2c(s1)CNCC2.CC(C)c1ccc2ncsc2c1.CC(C)c1ccc2ncsc2n1.CC(C)c1ccc2scnc2c1.CC(C)c1nc2c(s1)CCCC2. The highest BCUT2D eigenvalue weighted by molar-refractivity contribution is 7.17. The second-order valence-corrected chi connectivity index (χ2v) is 21.9. The molecule has 8 aromatic rings. The van der Waals surface area contributed by atoms with Crippen molar-refractivity contribution in [2.45, 2.75) is 137 Å². The molecule has 1 aliphatic carbocycles. The van der Waals surface area contributed by atoms with E-state index in [2.05, 4.69) is 142 Å². The first kappa shape index (κ1) is 46.1. The molecular formula is C49H62N6S5. The Bertz CT molecular complexity index is 2240. The van der Waals surface area contributed by atoms with Crippen molar-refractivity contribution in [2.24, 2.45) is 0 Å². The molecule has 11 heteroatoms. The Labute approximate surface area is 378 Å². The van der Waals surface area contributed by atoms with Gasteiger partial charge in [0.1, 0.15) is 4.83 Å². The molecule has 1 N–H and O–H groups in total. The number of aromatic nitrogens is 5. The van der Waals surface area contributed by atoms with E-state index in [1.54, 1.807) is 54.2 Å². The van der Waals surface area contributed by atoms with Gasteiger partial charge in [-0.1, -0.05) is 81.4 Å².